The molecule has 4 heterocycles. The van der Waals surface area contributed by atoms with Gasteiger partial charge in [-0.1, -0.05) is 6.07 Å². The number of benzene rings is 1. The fourth-order valence-corrected chi connectivity index (χ4v) is 5.50. The molecular formula is C24H24FN9O2. The van der Waals surface area contributed by atoms with Crippen LogP contribution in [0.2, 0.25) is 0 Å². The molecule has 0 saturated carbocycles. The fourth-order valence-electron chi connectivity index (χ4n) is 5.50. The van der Waals surface area contributed by atoms with Gasteiger partial charge in [-0.25, -0.2) is 14.4 Å². The Bertz CT molecular complexity index is 1360. The lowest BCUT2D eigenvalue weighted by Gasteiger charge is -2.46. The Morgan fingerprint density at radius 3 is 2.94 bits per heavy atom. The molecule has 1 unspecified atom stereocenters. The molecule has 184 valence electrons. The first kappa shape index (κ1) is 22.6. The highest BCUT2D eigenvalue weighted by Crippen LogP contribution is 2.32. The summed E-state index contributed by atoms with van der Waals surface area (Å²) >= 11 is 0. The maximum Gasteiger partial charge on any atom is 0.253 e. The number of aromatic nitrogens is 6. The van der Waals surface area contributed by atoms with Crippen molar-refractivity contribution in [3.63, 3.8) is 0 Å². The Morgan fingerprint density at radius 1 is 1.25 bits per heavy atom. The van der Waals surface area contributed by atoms with Crippen molar-refractivity contribution >= 4 is 5.91 Å². The van der Waals surface area contributed by atoms with Gasteiger partial charge in [0.15, 0.2) is 0 Å². The number of piperazine rings is 1. The molecule has 6 rings (SSSR count). The Labute approximate surface area is 206 Å². The molecule has 1 aliphatic carbocycles. The molecule has 2 aliphatic heterocycles. The number of halogens is 1. The van der Waals surface area contributed by atoms with Gasteiger partial charge in [-0.3, -0.25) is 9.69 Å². The van der Waals surface area contributed by atoms with Gasteiger partial charge in [0.2, 0.25) is 5.91 Å². The topological polar surface area (TPSA) is 126 Å². The molecule has 11 nitrogen and oxygen atoms in total. The number of morpholine rings is 1. The minimum absolute atomic E-state index is 0.0703. The van der Waals surface area contributed by atoms with E-state index < -0.39 is 5.82 Å². The average Bonchev–Trinajstić information content (AvgIpc) is 3.58. The van der Waals surface area contributed by atoms with Crippen LogP contribution in [0, 0.1) is 30.0 Å². The van der Waals surface area contributed by atoms with Crippen LogP contribution in [0.1, 0.15) is 34.1 Å². The second kappa shape index (κ2) is 9.00. The number of hydrogen-bond acceptors (Lipinski definition) is 9. The third-order valence-corrected chi connectivity index (χ3v) is 7.47. The minimum Gasteiger partial charge on any atom is -0.370 e. The number of ether oxygens (including phenoxy) is 1. The van der Waals surface area contributed by atoms with Crippen molar-refractivity contribution < 1.29 is 13.9 Å². The van der Waals surface area contributed by atoms with Crippen molar-refractivity contribution in [2.75, 3.05) is 32.8 Å². The Morgan fingerprint density at radius 2 is 2.14 bits per heavy atom. The van der Waals surface area contributed by atoms with Gasteiger partial charge in [0.25, 0.3) is 5.95 Å². The molecule has 0 N–H and O–H groups in total. The molecule has 1 aromatic carbocycles. The quantitative estimate of drug-likeness (QED) is 0.524. The summed E-state index contributed by atoms with van der Waals surface area (Å²) in [6.07, 6.45) is 4.16. The lowest BCUT2D eigenvalue weighted by atomic mass is 9.96. The molecular weight excluding hydrogens is 465 g/mol. The molecule has 0 bridgehead atoms. The lowest BCUT2D eigenvalue weighted by molar-refractivity contribution is -0.143. The first-order chi connectivity index (χ1) is 17.5. The van der Waals surface area contributed by atoms with Crippen LogP contribution in [-0.2, 0) is 22.4 Å². The molecule has 3 aliphatic rings. The van der Waals surface area contributed by atoms with Crippen LogP contribution in [0.4, 0.5) is 4.39 Å². The highest BCUT2D eigenvalue weighted by Gasteiger charge is 2.39. The number of amides is 1. The van der Waals surface area contributed by atoms with Crippen molar-refractivity contribution in [3.8, 4) is 12.0 Å². The van der Waals surface area contributed by atoms with Crippen LogP contribution in [-0.4, -0.2) is 84.7 Å². The van der Waals surface area contributed by atoms with Crippen molar-refractivity contribution in [1.82, 2.24) is 40.0 Å². The van der Waals surface area contributed by atoms with E-state index in [1.54, 1.807) is 19.2 Å². The second-order valence-electron chi connectivity index (χ2n) is 9.50. The molecule has 36 heavy (non-hydrogen) atoms. The van der Waals surface area contributed by atoms with Gasteiger partial charge < -0.3 is 9.64 Å². The molecule has 12 heteroatoms. The average molecular weight is 490 g/mol. The normalized spacial score (nSPS) is 23.7. The number of fused-ring (bicyclic) bond motifs is 2. The molecule has 1 amide bonds. The number of rotatable bonds is 3. The number of tetrazole rings is 1. The summed E-state index contributed by atoms with van der Waals surface area (Å²) in [7, 11) is 0. The van der Waals surface area contributed by atoms with Crippen molar-refractivity contribution in [2.45, 2.75) is 31.9 Å². The SMILES string of the molecule is Cc1c([C@H]2CN3CCN(C(=O)C4Cc5cnc(-n6cnnn6)nc5C4)C[C@H]3CO2)ccc(F)c1C#N. The van der Waals surface area contributed by atoms with E-state index in [9.17, 15) is 14.4 Å². The minimum atomic E-state index is -0.508. The third-order valence-electron chi connectivity index (χ3n) is 7.47. The summed E-state index contributed by atoms with van der Waals surface area (Å²) in [6.45, 7) is 4.87. The summed E-state index contributed by atoms with van der Waals surface area (Å²) in [5, 5.41) is 20.4. The number of carbonyl (C=O) groups excluding carboxylic acids is 1. The van der Waals surface area contributed by atoms with Gasteiger partial charge in [0.05, 0.1) is 30.0 Å². The summed E-state index contributed by atoms with van der Waals surface area (Å²) in [5.41, 5.74) is 3.39. The van der Waals surface area contributed by atoms with Crippen molar-refractivity contribution in [3.05, 3.63) is 58.4 Å². The van der Waals surface area contributed by atoms with Crippen LogP contribution >= 0.6 is 0 Å². The van der Waals surface area contributed by atoms with E-state index in [0.717, 1.165) is 23.4 Å². The summed E-state index contributed by atoms with van der Waals surface area (Å²) in [5.74, 6) is -0.140. The van der Waals surface area contributed by atoms with Crippen LogP contribution in [0.15, 0.2) is 24.7 Å². The van der Waals surface area contributed by atoms with Crippen LogP contribution < -0.4 is 0 Å². The van der Waals surface area contributed by atoms with E-state index >= 15 is 0 Å². The van der Waals surface area contributed by atoms with Gasteiger partial charge in [0, 0.05) is 44.7 Å². The zero-order valence-corrected chi connectivity index (χ0v) is 19.7. The van der Waals surface area contributed by atoms with Gasteiger partial charge in [-0.2, -0.15) is 9.94 Å². The predicted octanol–water partition coefficient (Wildman–Crippen LogP) is 0.771. The maximum atomic E-state index is 14.0. The zero-order valence-electron chi connectivity index (χ0n) is 19.7. The molecule has 2 fully saturated rings. The van der Waals surface area contributed by atoms with Gasteiger partial charge in [-0.05, 0) is 46.5 Å². The van der Waals surface area contributed by atoms with E-state index in [-0.39, 0.29) is 29.5 Å². The summed E-state index contributed by atoms with van der Waals surface area (Å²) < 4.78 is 21.5. The number of carbonyl (C=O) groups is 1. The van der Waals surface area contributed by atoms with E-state index in [1.165, 1.54) is 17.1 Å². The highest BCUT2D eigenvalue weighted by atomic mass is 19.1. The van der Waals surface area contributed by atoms with Crippen LogP contribution in [0.25, 0.3) is 5.95 Å². The van der Waals surface area contributed by atoms with Crippen LogP contribution in [0.5, 0.6) is 0 Å². The molecule has 3 aromatic rings. The fraction of sp³-hybridized carbons (Fsp3) is 0.458. The molecule has 0 radical (unpaired) electrons. The molecule has 3 atom stereocenters. The summed E-state index contributed by atoms with van der Waals surface area (Å²) in [6, 6.07) is 5.10. The van der Waals surface area contributed by atoms with E-state index in [0.29, 0.717) is 50.6 Å². The van der Waals surface area contributed by atoms with E-state index in [4.69, 9.17) is 4.74 Å². The first-order valence-electron chi connectivity index (χ1n) is 11.9. The number of nitrogens with zero attached hydrogens (tertiary/aromatic N) is 9. The van der Waals surface area contributed by atoms with Gasteiger partial charge in [-0.15, -0.1) is 5.10 Å². The second-order valence-corrected chi connectivity index (χ2v) is 9.50. The maximum absolute atomic E-state index is 14.0. The summed E-state index contributed by atoms with van der Waals surface area (Å²) in [4.78, 5) is 26.6. The number of nitriles is 1. The Hall–Kier alpha value is -3.82. The predicted molar refractivity (Wildman–Crippen MR) is 122 cm³/mol. The van der Waals surface area contributed by atoms with E-state index in [2.05, 4.69) is 30.4 Å². The van der Waals surface area contributed by atoms with Gasteiger partial charge >= 0.3 is 0 Å². The van der Waals surface area contributed by atoms with E-state index in [1.807, 2.05) is 11.0 Å². The highest BCUT2D eigenvalue weighted by molar-refractivity contribution is 5.80. The first-order valence-corrected chi connectivity index (χ1v) is 11.9. The van der Waals surface area contributed by atoms with Gasteiger partial charge in [0.1, 0.15) is 18.2 Å². The number of hydrogen-bond donors (Lipinski definition) is 0. The third kappa shape index (κ3) is 3.90. The Kier molecular flexibility index (Phi) is 5.66. The smallest absolute Gasteiger partial charge is 0.253 e. The molecule has 2 saturated heterocycles. The Balaban J connectivity index is 1.09. The van der Waals surface area contributed by atoms with Crippen LogP contribution in [0.3, 0.4) is 0 Å². The molecule has 0 spiro atoms. The largest absolute Gasteiger partial charge is 0.370 e. The van der Waals surface area contributed by atoms with Crippen molar-refractivity contribution in [2.24, 2.45) is 5.92 Å². The lowest BCUT2D eigenvalue weighted by Crippen LogP contribution is -2.60. The standard InChI is InChI=1S/C24H24FN9O2/c1-14-18(2-3-20(25)19(14)8-26)22-11-32-4-5-33(10-17(32)12-36-22)23(35)15-6-16-9-27-24(29-21(16)7-15)34-13-28-30-31-34/h2-3,9,13,15,17,22H,4-7,10-12H2,1H3/t15?,17-,22+/m0/s1. The van der Waals surface area contributed by atoms with Crippen molar-refractivity contribution in [1.29, 1.82) is 5.26 Å². The molecule has 2 aromatic heterocycles. The monoisotopic (exact) mass is 489 g/mol. The zero-order chi connectivity index (χ0) is 24.8.